The molecule has 0 saturated heterocycles. The van der Waals surface area contributed by atoms with Crippen LogP contribution in [0, 0.1) is 5.41 Å². The van der Waals surface area contributed by atoms with E-state index in [1.165, 1.54) is 12.3 Å². The molecule has 0 fully saturated rings. The van der Waals surface area contributed by atoms with Gasteiger partial charge in [-0.15, -0.1) is 0 Å². The van der Waals surface area contributed by atoms with Gasteiger partial charge < -0.3 is 19.1 Å². The van der Waals surface area contributed by atoms with E-state index < -0.39 is 11.4 Å². The van der Waals surface area contributed by atoms with Gasteiger partial charge in [0.25, 0.3) is 0 Å². The number of methoxy groups -OCH3 is 1. The Hall–Kier alpha value is -3.55. The summed E-state index contributed by atoms with van der Waals surface area (Å²) in [7, 11) is 1.61. The fourth-order valence-corrected chi connectivity index (χ4v) is 4.13. The first-order valence-electron chi connectivity index (χ1n) is 10.5. The minimum Gasteiger partial charge on any atom is -0.497 e. The van der Waals surface area contributed by atoms with Gasteiger partial charge in [-0.05, 0) is 36.6 Å². The number of carboxylic acid groups (broad SMARTS) is 1. The number of nitrogens with zero attached hydrogens (tertiary/aromatic N) is 3. The lowest BCUT2D eigenvalue weighted by Gasteiger charge is -2.38. The lowest BCUT2D eigenvalue weighted by molar-refractivity contribution is 0.0693. The zero-order chi connectivity index (χ0) is 23.2. The summed E-state index contributed by atoms with van der Waals surface area (Å²) >= 11 is 0. The number of ether oxygens (including phenoxy) is 2. The lowest BCUT2D eigenvalue weighted by Crippen LogP contribution is -2.35. The Balaban J connectivity index is 1.93. The Morgan fingerprint density at radius 1 is 1.22 bits per heavy atom. The minimum absolute atomic E-state index is 0.0897. The third-order valence-electron chi connectivity index (χ3n) is 5.80. The molecular weight excluding hydrogens is 410 g/mol. The van der Waals surface area contributed by atoms with Crippen molar-refractivity contribution in [3.8, 4) is 34.1 Å². The van der Waals surface area contributed by atoms with Crippen molar-refractivity contribution in [2.75, 3.05) is 13.7 Å². The first kappa shape index (κ1) is 21.7. The molecule has 8 nitrogen and oxygen atoms in total. The number of aromatic nitrogens is 3. The van der Waals surface area contributed by atoms with Gasteiger partial charge in [0.15, 0.2) is 5.43 Å². The van der Waals surface area contributed by atoms with Gasteiger partial charge >= 0.3 is 5.97 Å². The van der Waals surface area contributed by atoms with Gasteiger partial charge in [-0.25, -0.2) is 4.79 Å². The van der Waals surface area contributed by atoms with Crippen LogP contribution in [0.2, 0.25) is 0 Å². The number of pyridine rings is 1. The fraction of sp³-hybridized carbons (Fsp3) is 0.375. The second-order valence-corrected chi connectivity index (χ2v) is 8.92. The average molecular weight is 437 g/mol. The molecule has 32 heavy (non-hydrogen) atoms. The fourth-order valence-electron chi connectivity index (χ4n) is 4.13. The second kappa shape index (κ2) is 7.85. The summed E-state index contributed by atoms with van der Waals surface area (Å²) in [6.45, 7) is 9.24. The molecule has 0 unspecified atom stereocenters. The van der Waals surface area contributed by atoms with Crippen molar-refractivity contribution in [3.05, 3.63) is 52.3 Å². The predicted molar refractivity (Wildman–Crippen MR) is 121 cm³/mol. The van der Waals surface area contributed by atoms with Crippen LogP contribution < -0.4 is 14.9 Å². The van der Waals surface area contributed by atoms with Gasteiger partial charge in [-0.1, -0.05) is 20.8 Å². The summed E-state index contributed by atoms with van der Waals surface area (Å²) in [6, 6.07) is 8.78. The number of hydrogen-bond donors (Lipinski definition) is 1. The number of fused-ring (bicyclic) bond motifs is 3. The average Bonchev–Trinajstić information content (AvgIpc) is 3.16. The van der Waals surface area contributed by atoms with Crippen LogP contribution in [-0.2, 0) is 6.54 Å². The van der Waals surface area contributed by atoms with Gasteiger partial charge in [-0.3, -0.25) is 9.48 Å². The molecule has 1 N–H and O–H groups in total. The molecule has 8 heteroatoms. The van der Waals surface area contributed by atoms with Crippen LogP contribution in [0.4, 0.5) is 0 Å². The normalized spacial score (nSPS) is 15.1. The van der Waals surface area contributed by atoms with Crippen molar-refractivity contribution >= 4 is 5.97 Å². The van der Waals surface area contributed by atoms with E-state index in [2.05, 4.69) is 20.8 Å². The van der Waals surface area contributed by atoms with Gasteiger partial charge in [0.2, 0.25) is 0 Å². The van der Waals surface area contributed by atoms with E-state index in [4.69, 9.17) is 14.6 Å². The largest absolute Gasteiger partial charge is 0.497 e. The number of aromatic carboxylic acids is 1. The van der Waals surface area contributed by atoms with E-state index in [-0.39, 0.29) is 17.0 Å². The maximum absolute atomic E-state index is 12.5. The summed E-state index contributed by atoms with van der Waals surface area (Å²) < 4.78 is 15.0. The van der Waals surface area contributed by atoms with E-state index in [1.54, 1.807) is 7.11 Å². The maximum Gasteiger partial charge on any atom is 0.341 e. The highest BCUT2D eigenvalue weighted by Crippen LogP contribution is 2.42. The van der Waals surface area contributed by atoms with Crippen molar-refractivity contribution in [2.24, 2.45) is 5.41 Å². The molecule has 0 amide bonds. The number of hydrogen-bond acceptors (Lipinski definition) is 5. The monoisotopic (exact) mass is 437 g/mol. The minimum atomic E-state index is -1.23. The Kier molecular flexibility index (Phi) is 5.32. The van der Waals surface area contributed by atoms with Crippen LogP contribution in [0.15, 0.2) is 41.3 Å². The van der Waals surface area contributed by atoms with Gasteiger partial charge in [0.05, 0.1) is 43.4 Å². The molecule has 168 valence electrons. The first-order valence-corrected chi connectivity index (χ1v) is 10.5. The molecule has 4 rings (SSSR count). The van der Waals surface area contributed by atoms with E-state index in [0.29, 0.717) is 36.0 Å². The van der Waals surface area contributed by atoms with E-state index in [1.807, 2.05) is 40.4 Å². The number of carboxylic acids is 1. The van der Waals surface area contributed by atoms with Crippen LogP contribution >= 0.6 is 0 Å². The van der Waals surface area contributed by atoms with Crippen LogP contribution in [-0.4, -0.2) is 39.1 Å². The molecule has 3 aromatic rings. The molecule has 1 aliphatic rings. The highest BCUT2D eigenvalue weighted by atomic mass is 16.5. The molecule has 2 aromatic heterocycles. The molecule has 0 radical (unpaired) electrons. The van der Waals surface area contributed by atoms with E-state index in [9.17, 15) is 14.7 Å². The first-order chi connectivity index (χ1) is 15.1. The number of benzene rings is 1. The van der Waals surface area contributed by atoms with Crippen molar-refractivity contribution < 1.29 is 19.4 Å². The van der Waals surface area contributed by atoms with Crippen molar-refractivity contribution in [1.82, 2.24) is 14.3 Å². The highest BCUT2D eigenvalue weighted by molar-refractivity contribution is 5.87. The van der Waals surface area contributed by atoms with Gasteiger partial charge in [0, 0.05) is 17.8 Å². The van der Waals surface area contributed by atoms with Gasteiger partial charge in [0.1, 0.15) is 17.1 Å². The van der Waals surface area contributed by atoms with Crippen LogP contribution in [0.25, 0.3) is 22.6 Å². The van der Waals surface area contributed by atoms with Crippen LogP contribution in [0.5, 0.6) is 11.5 Å². The molecule has 1 aliphatic heterocycles. The smallest absolute Gasteiger partial charge is 0.341 e. The molecule has 0 bridgehead atoms. The lowest BCUT2D eigenvalue weighted by atomic mass is 9.85. The molecule has 1 aromatic carbocycles. The predicted octanol–water partition coefficient (Wildman–Crippen LogP) is 4.09. The summed E-state index contributed by atoms with van der Waals surface area (Å²) in [5.74, 6) is 0.148. The molecule has 1 atom stereocenters. The maximum atomic E-state index is 12.5. The highest BCUT2D eigenvalue weighted by Gasteiger charge is 2.34. The van der Waals surface area contributed by atoms with Crippen molar-refractivity contribution in [3.63, 3.8) is 0 Å². The van der Waals surface area contributed by atoms with E-state index >= 15 is 0 Å². The SMILES string of the molecule is CCOc1ccc(OC)cc1-c1cc2n(n1)C[C@@H](C(C)(C)C)n1cc(C(=O)O)c(=O)cc1-2. The quantitative estimate of drug-likeness (QED) is 0.646. The van der Waals surface area contributed by atoms with Crippen molar-refractivity contribution in [2.45, 2.75) is 40.3 Å². The molecule has 0 saturated carbocycles. The number of carbonyl (C=O) groups is 1. The van der Waals surface area contributed by atoms with E-state index in [0.717, 1.165) is 11.3 Å². The molecule has 0 spiro atoms. The van der Waals surface area contributed by atoms with Crippen LogP contribution in [0.1, 0.15) is 44.1 Å². The zero-order valence-electron chi connectivity index (χ0n) is 18.9. The summed E-state index contributed by atoms with van der Waals surface area (Å²) in [6.07, 6.45) is 1.46. The van der Waals surface area contributed by atoms with Crippen molar-refractivity contribution in [1.29, 1.82) is 0 Å². The topological polar surface area (TPSA) is 95.6 Å². The molecule has 3 heterocycles. The Labute approximate surface area is 186 Å². The third kappa shape index (κ3) is 3.66. The Bertz CT molecular complexity index is 1250. The van der Waals surface area contributed by atoms with Gasteiger partial charge in [-0.2, -0.15) is 5.10 Å². The standard InChI is InChI=1S/C24H27N3O5/c1-6-32-21-8-7-14(31-5)9-15(21)17-10-19-18-11-20(28)16(23(29)30)12-26(18)22(24(2,3)4)13-27(19)25-17/h7-12,22H,6,13H2,1-5H3,(H,29,30)/t22-/m0/s1. The zero-order valence-corrected chi connectivity index (χ0v) is 18.9. The van der Waals surface area contributed by atoms with Crippen LogP contribution in [0.3, 0.4) is 0 Å². The Morgan fingerprint density at radius 2 is 1.97 bits per heavy atom. The third-order valence-corrected chi connectivity index (χ3v) is 5.80. The molecule has 0 aliphatic carbocycles. The summed E-state index contributed by atoms with van der Waals surface area (Å²) in [5.41, 5.74) is 1.92. The summed E-state index contributed by atoms with van der Waals surface area (Å²) in [5, 5.41) is 14.3. The Morgan fingerprint density at radius 3 is 2.59 bits per heavy atom. The number of rotatable bonds is 5. The molecular formula is C24H27N3O5. The second-order valence-electron chi connectivity index (χ2n) is 8.92. The summed E-state index contributed by atoms with van der Waals surface area (Å²) in [4.78, 5) is 24.1.